The van der Waals surface area contributed by atoms with Gasteiger partial charge in [0.05, 0.1) is 13.2 Å². The number of aliphatic hydroxyl groups excluding tert-OH is 1. The molecule has 0 bridgehead atoms. The lowest BCUT2D eigenvalue weighted by molar-refractivity contribution is 0.0579. The second kappa shape index (κ2) is 6.83. The highest BCUT2D eigenvalue weighted by Gasteiger charge is 2.17. The Hall–Kier alpha value is -0.970. The summed E-state index contributed by atoms with van der Waals surface area (Å²) >= 11 is 6.02. The second-order valence-corrected chi connectivity index (χ2v) is 4.63. The first-order valence-corrected chi connectivity index (χ1v) is 6.23. The summed E-state index contributed by atoms with van der Waals surface area (Å²) in [5, 5.41) is 13.2. The summed E-state index contributed by atoms with van der Waals surface area (Å²) in [5.74, 6) is 1.19. The Bertz CT molecular complexity index is 396. The molecule has 0 heterocycles. The minimum atomic E-state index is -0.562. The maximum absolute atomic E-state index is 9.51. The van der Waals surface area contributed by atoms with Crippen molar-refractivity contribution < 1.29 is 14.6 Å². The van der Waals surface area contributed by atoms with Crippen molar-refractivity contribution in [3.05, 3.63) is 22.7 Å². The average Bonchev–Trinajstić information content (AvgIpc) is 2.31. The van der Waals surface area contributed by atoms with Crippen LogP contribution in [0.1, 0.15) is 19.4 Å². The first kappa shape index (κ1) is 15.1. The van der Waals surface area contributed by atoms with Crippen molar-refractivity contribution in [3.63, 3.8) is 0 Å². The summed E-state index contributed by atoms with van der Waals surface area (Å²) in [7, 11) is 3.41. The molecule has 2 N–H and O–H groups in total. The molecular weight excluding hydrogens is 254 g/mol. The van der Waals surface area contributed by atoms with E-state index in [1.807, 2.05) is 20.0 Å². The van der Waals surface area contributed by atoms with E-state index in [0.717, 1.165) is 5.56 Å². The van der Waals surface area contributed by atoms with Crippen molar-refractivity contribution in [2.24, 2.45) is 0 Å². The lowest BCUT2D eigenvalue weighted by Crippen LogP contribution is -2.26. The zero-order chi connectivity index (χ0) is 13.7. The van der Waals surface area contributed by atoms with Gasteiger partial charge in [-0.3, -0.25) is 0 Å². The molecule has 5 heteroatoms. The first-order chi connectivity index (χ1) is 8.49. The van der Waals surface area contributed by atoms with Crippen molar-refractivity contribution in [1.29, 1.82) is 0 Å². The summed E-state index contributed by atoms with van der Waals surface area (Å²) in [6, 6.07) is 3.52. The van der Waals surface area contributed by atoms with E-state index in [1.165, 1.54) is 0 Å². The van der Waals surface area contributed by atoms with Crippen LogP contribution in [0.15, 0.2) is 12.1 Å². The molecule has 0 spiro atoms. The Morgan fingerprint density at radius 1 is 1.39 bits per heavy atom. The zero-order valence-electron chi connectivity index (χ0n) is 11.2. The topological polar surface area (TPSA) is 50.7 Å². The molecule has 0 radical (unpaired) electrons. The fourth-order valence-corrected chi connectivity index (χ4v) is 1.75. The number of halogens is 1. The molecule has 2 unspecified atom stereocenters. The third-order valence-corrected chi connectivity index (χ3v) is 2.88. The summed E-state index contributed by atoms with van der Waals surface area (Å²) in [6.07, 6.45) is -0.886. The van der Waals surface area contributed by atoms with Crippen LogP contribution in [0.5, 0.6) is 11.5 Å². The first-order valence-electron chi connectivity index (χ1n) is 5.85. The highest BCUT2D eigenvalue weighted by molar-refractivity contribution is 6.30. The van der Waals surface area contributed by atoms with E-state index in [1.54, 1.807) is 20.1 Å². The molecule has 1 rings (SSSR count). The van der Waals surface area contributed by atoms with Crippen LogP contribution in [0.4, 0.5) is 0 Å². The van der Waals surface area contributed by atoms with Crippen molar-refractivity contribution >= 4 is 11.6 Å². The molecule has 2 atom stereocenters. The van der Waals surface area contributed by atoms with Gasteiger partial charge in [0.15, 0.2) is 11.5 Å². The number of methoxy groups -OCH3 is 1. The van der Waals surface area contributed by atoms with Crippen molar-refractivity contribution in [3.8, 4) is 11.5 Å². The van der Waals surface area contributed by atoms with Gasteiger partial charge in [0, 0.05) is 23.2 Å². The standard InChI is InChI=1S/C13H20ClNO3/c1-8(16)9(2)18-13-10(7-15-3)5-11(14)6-12(13)17-4/h5-6,8-9,15-16H,7H2,1-4H3. The Kier molecular flexibility index (Phi) is 5.72. The molecule has 18 heavy (non-hydrogen) atoms. The Morgan fingerprint density at radius 2 is 2.06 bits per heavy atom. The van der Waals surface area contributed by atoms with E-state index in [0.29, 0.717) is 23.1 Å². The van der Waals surface area contributed by atoms with E-state index in [4.69, 9.17) is 21.1 Å². The highest BCUT2D eigenvalue weighted by atomic mass is 35.5. The van der Waals surface area contributed by atoms with Gasteiger partial charge in [-0.1, -0.05) is 11.6 Å². The lowest BCUT2D eigenvalue weighted by Gasteiger charge is -2.21. The van der Waals surface area contributed by atoms with E-state index < -0.39 is 6.10 Å². The molecule has 0 aliphatic carbocycles. The smallest absolute Gasteiger partial charge is 0.166 e. The number of benzene rings is 1. The van der Waals surface area contributed by atoms with Crippen LogP contribution >= 0.6 is 11.6 Å². The molecule has 0 aliphatic rings. The predicted octanol–water partition coefficient (Wildman–Crippen LogP) is 2.22. The van der Waals surface area contributed by atoms with Gasteiger partial charge in [-0.25, -0.2) is 0 Å². The summed E-state index contributed by atoms with van der Waals surface area (Å²) in [4.78, 5) is 0. The molecule has 0 aromatic heterocycles. The Balaban J connectivity index is 3.12. The number of hydrogen-bond acceptors (Lipinski definition) is 4. The Labute approximate surface area is 113 Å². The van der Waals surface area contributed by atoms with E-state index in [2.05, 4.69) is 5.32 Å². The van der Waals surface area contributed by atoms with Gasteiger partial charge < -0.3 is 19.9 Å². The van der Waals surface area contributed by atoms with Gasteiger partial charge in [-0.05, 0) is 27.0 Å². The molecule has 102 valence electrons. The highest BCUT2D eigenvalue weighted by Crippen LogP contribution is 2.35. The van der Waals surface area contributed by atoms with E-state index >= 15 is 0 Å². The van der Waals surface area contributed by atoms with Gasteiger partial charge in [-0.2, -0.15) is 0 Å². The molecule has 4 nitrogen and oxygen atoms in total. The summed E-state index contributed by atoms with van der Waals surface area (Å²) in [6.45, 7) is 4.10. The molecular formula is C13H20ClNO3. The third kappa shape index (κ3) is 3.77. The third-order valence-electron chi connectivity index (χ3n) is 2.67. The van der Waals surface area contributed by atoms with Crippen molar-refractivity contribution in [2.75, 3.05) is 14.2 Å². The second-order valence-electron chi connectivity index (χ2n) is 4.19. The minimum Gasteiger partial charge on any atom is -0.493 e. The van der Waals surface area contributed by atoms with Gasteiger partial charge in [-0.15, -0.1) is 0 Å². The normalized spacial score (nSPS) is 14.1. The number of rotatable bonds is 6. The SMILES string of the molecule is CNCc1cc(Cl)cc(OC)c1OC(C)C(C)O. The Morgan fingerprint density at radius 3 is 2.56 bits per heavy atom. The van der Waals surface area contributed by atoms with Crippen LogP contribution in [-0.4, -0.2) is 31.5 Å². The molecule has 0 saturated heterocycles. The summed E-state index contributed by atoms with van der Waals surface area (Å²) < 4.78 is 11.0. The maximum atomic E-state index is 9.51. The molecule has 1 aromatic carbocycles. The summed E-state index contributed by atoms with van der Waals surface area (Å²) in [5.41, 5.74) is 0.898. The van der Waals surface area contributed by atoms with Gasteiger partial charge in [0.2, 0.25) is 0 Å². The number of hydrogen-bond donors (Lipinski definition) is 2. The van der Waals surface area contributed by atoms with Crippen LogP contribution in [0.3, 0.4) is 0 Å². The van der Waals surface area contributed by atoms with Gasteiger partial charge in [0.25, 0.3) is 0 Å². The van der Waals surface area contributed by atoms with Crippen molar-refractivity contribution in [1.82, 2.24) is 5.32 Å². The molecule has 1 aromatic rings. The fraction of sp³-hybridized carbons (Fsp3) is 0.538. The quantitative estimate of drug-likeness (QED) is 0.834. The van der Waals surface area contributed by atoms with Gasteiger partial charge >= 0.3 is 0 Å². The minimum absolute atomic E-state index is 0.323. The molecule has 0 fully saturated rings. The zero-order valence-corrected chi connectivity index (χ0v) is 11.9. The van der Waals surface area contributed by atoms with Crippen LogP contribution in [-0.2, 0) is 6.54 Å². The average molecular weight is 274 g/mol. The monoisotopic (exact) mass is 273 g/mol. The van der Waals surface area contributed by atoms with Crippen LogP contribution in [0.25, 0.3) is 0 Å². The van der Waals surface area contributed by atoms with Crippen LogP contribution in [0.2, 0.25) is 5.02 Å². The van der Waals surface area contributed by atoms with Crippen LogP contribution in [0, 0.1) is 0 Å². The van der Waals surface area contributed by atoms with E-state index in [9.17, 15) is 5.11 Å². The number of nitrogens with one attached hydrogen (secondary N) is 1. The largest absolute Gasteiger partial charge is 0.493 e. The van der Waals surface area contributed by atoms with E-state index in [-0.39, 0.29) is 6.10 Å². The number of ether oxygens (including phenoxy) is 2. The molecule has 0 saturated carbocycles. The number of aliphatic hydroxyl groups is 1. The maximum Gasteiger partial charge on any atom is 0.166 e. The van der Waals surface area contributed by atoms with Gasteiger partial charge in [0.1, 0.15) is 6.10 Å². The van der Waals surface area contributed by atoms with Crippen LogP contribution < -0.4 is 14.8 Å². The predicted molar refractivity (Wildman–Crippen MR) is 72.5 cm³/mol. The molecule has 0 amide bonds. The van der Waals surface area contributed by atoms with Crippen molar-refractivity contribution in [2.45, 2.75) is 32.6 Å². The molecule has 0 aliphatic heterocycles. The lowest BCUT2D eigenvalue weighted by atomic mass is 10.1. The fourth-order valence-electron chi connectivity index (χ4n) is 1.51.